The lowest BCUT2D eigenvalue weighted by Crippen LogP contribution is -2.42. The second-order valence-corrected chi connectivity index (χ2v) is 7.27. The van der Waals surface area contributed by atoms with Crippen LogP contribution in [-0.4, -0.2) is 46.6 Å². The molecule has 3 rings (SSSR count). The number of nitrogens with zero attached hydrogens (tertiary/aromatic N) is 2. The average Bonchev–Trinajstić information content (AvgIpc) is 2.77. The van der Waals surface area contributed by atoms with E-state index in [-0.39, 0.29) is 11.1 Å². The van der Waals surface area contributed by atoms with E-state index in [0.717, 1.165) is 0 Å². The normalized spacial score (nSPS) is 11.8. The summed E-state index contributed by atoms with van der Waals surface area (Å²) in [5, 5.41) is 3.65. The van der Waals surface area contributed by atoms with Crippen LogP contribution in [0.15, 0.2) is 59.7 Å². The zero-order chi connectivity index (χ0) is 20.8. The molecule has 0 bridgehead atoms. The third-order valence-electron chi connectivity index (χ3n) is 4.47. The molecule has 0 spiro atoms. The van der Waals surface area contributed by atoms with Crippen LogP contribution >= 0.6 is 11.8 Å². The molecule has 0 saturated heterocycles. The van der Waals surface area contributed by atoms with Crippen LogP contribution in [0.1, 0.15) is 16.8 Å². The Kier molecular flexibility index (Phi) is 6.66. The smallest absolute Gasteiger partial charge is 0.328 e. The molecule has 7 nitrogen and oxygen atoms in total. The lowest BCUT2D eigenvalue weighted by Gasteiger charge is -2.17. The molecule has 1 N–H and O–H groups in total. The van der Waals surface area contributed by atoms with Crippen molar-refractivity contribution in [3.63, 3.8) is 0 Å². The van der Waals surface area contributed by atoms with Gasteiger partial charge in [0.25, 0.3) is 11.5 Å². The summed E-state index contributed by atoms with van der Waals surface area (Å²) >= 11 is 1.57. The predicted octanol–water partition coefficient (Wildman–Crippen LogP) is 2.41. The van der Waals surface area contributed by atoms with Gasteiger partial charge in [-0.25, -0.2) is 9.78 Å². The molecule has 29 heavy (non-hydrogen) atoms. The second kappa shape index (κ2) is 9.38. The Balaban J connectivity index is 2.08. The number of benzene rings is 1. The molecule has 150 valence electrons. The lowest BCUT2D eigenvalue weighted by atomic mass is 10.1. The standard InChI is InChI=1S/C21H21N3O4S/c1-28-21(27)17(10-12-29-2)23-19(25)16-13-24(18-9-5-6-11-22-18)20(26)15-8-4-3-7-14(15)16/h3-9,11,13,17H,10,12H2,1-2H3,(H,23,25). The Bertz CT molecular complexity index is 1080. The summed E-state index contributed by atoms with van der Waals surface area (Å²) in [6.45, 7) is 0. The molecule has 2 heterocycles. The summed E-state index contributed by atoms with van der Waals surface area (Å²) in [7, 11) is 1.29. The number of nitrogens with one attached hydrogen (secondary N) is 1. The molecule has 3 aromatic rings. The average molecular weight is 411 g/mol. The van der Waals surface area contributed by atoms with Crippen LogP contribution in [0.3, 0.4) is 0 Å². The Morgan fingerprint density at radius 2 is 1.90 bits per heavy atom. The topological polar surface area (TPSA) is 90.3 Å². The third kappa shape index (κ3) is 4.48. The minimum Gasteiger partial charge on any atom is -0.467 e. The van der Waals surface area contributed by atoms with Gasteiger partial charge >= 0.3 is 5.97 Å². The lowest BCUT2D eigenvalue weighted by molar-refractivity contribution is -0.142. The van der Waals surface area contributed by atoms with E-state index in [2.05, 4.69) is 10.3 Å². The molecule has 1 aromatic carbocycles. The molecule has 2 aromatic heterocycles. The zero-order valence-corrected chi connectivity index (χ0v) is 16.9. The summed E-state index contributed by atoms with van der Waals surface area (Å²) in [6, 6.07) is 11.3. The molecule has 0 fully saturated rings. The number of hydrogen-bond donors (Lipinski definition) is 1. The van der Waals surface area contributed by atoms with Gasteiger partial charge in [0, 0.05) is 23.2 Å². The van der Waals surface area contributed by atoms with Gasteiger partial charge in [-0.15, -0.1) is 0 Å². The number of rotatable bonds is 7. The first kappa shape index (κ1) is 20.6. The monoisotopic (exact) mass is 411 g/mol. The van der Waals surface area contributed by atoms with Crippen LogP contribution in [0.4, 0.5) is 0 Å². The van der Waals surface area contributed by atoms with E-state index in [1.165, 1.54) is 17.9 Å². The number of aromatic nitrogens is 2. The van der Waals surface area contributed by atoms with Crippen LogP contribution in [0, 0.1) is 0 Å². The molecule has 1 atom stereocenters. The first-order valence-electron chi connectivity index (χ1n) is 9.00. The fraction of sp³-hybridized carbons (Fsp3) is 0.238. The van der Waals surface area contributed by atoms with Gasteiger partial charge in [0.05, 0.1) is 12.7 Å². The number of ether oxygens (including phenoxy) is 1. The van der Waals surface area contributed by atoms with Gasteiger partial charge in [0.1, 0.15) is 11.9 Å². The van der Waals surface area contributed by atoms with E-state index in [1.807, 2.05) is 6.26 Å². The van der Waals surface area contributed by atoms with Crippen LogP contribution in [0.2, 0.25) is 0 Å². The Hall–Kier alpha value is -3.13. The van der Waals surface area contributed by atoms with Crippen molar-refractivity contribution in [1.29, 1.82) is 0 Å². The van der Waals surface area contributed by atoms with E-state index in [0.29, 0.717) is 28.8 Å². The molecule has 0 aliphatic rings. The van der Waals surface area contributed by atoms with E-state index >= 15 is 0 Å². The van der Waals surface area contributed by atoms with Gasteiger partial charge < -0.3 is 10.1 Å². The number of carbonyl (C=O) groups excluding carboxylic acids is 2. The number of thioether (sulfide) groups is 1. The van der Waals surface area contributed by atoms with Crippen molar-refractivity contribution < 1.29 is 14.3 Å². The van der Waals surface area contributed by atoms with Crippen molar-refractivity contribution >= 4 is 34.4 Å². The fourth-order valence-electron chi connectivity index (χ4n) is 3.00. The molecular formula is C21H21N3O4S. The van der Waals surface area contributed by atoms with Crippen LogP contribution < -0.4 is 10.9 Å². The zero-order valence-electron chi connectivity index (χ0n) is 16.1. The molecule has 0 radical (unpaired) electrons. The van der Waals surface area contributed by atoms with Gasteiger partial charge in [-0.3, -0.25) is 14.2 Å². The van der Waals surface area contributed by atoms with Crippen LogP contribution in [0.5, 0.6) is 0 Å². The van der Waals surface area contributed by atoms with Gasteiger partial charge in [0.15, 0.2) is 0 Å². The molecule has 8 heteroatoms. The minimum absolute atomic E-state index is 0.275. The first-order chi connectivity index (χ1) is 14.1. The quantitative estimate of drug-likeness (QED) is 0.601. The third-order valence-corrected chi connectivity index (χ3v) is 5.11. The maximum atomic E-state index is 13.1. The van der Waals surface area contributed by atoms with Crippen molar-refractivity contribution in [3.8, 4) is 5.82 Å². The van der Waals surface area contributed by atoms with Gasteiger partial charge in [-0.05, 0) is 36.6 Å². The Labute approximate surface area is 172 Å². The van der Waals surface area contributed by atoms with Crippen molar-refractivity contribution in [1.82, 2.24) is 14.9 Å². The highest BCUT2D eigenvalue weighted by Gasteiger charge is 2.24. The van der Waals surface area contributed by atoms with Crippen molar-refractivity contribution in [3.05, 3.63) is 70.8 Å². The van der Waals surface area contributed by atoms with Gasteiger partial charge in [-0.2, -0.15) is 11.8 Å². The Morgan fingerprint density at radius 3 is 2.55 bits per heavy atom. The van der Waals surface area contributed by atoms with E-state index in [4.69, 9.17) is 4.74 Å². The van der Waals surface area contributed by atoms with E-state index in [1.54, 1.807) is 60.4 Å². The second-order valence-electron chi connectivity index (χ2n) is 6.28. The molecule has 0 saturated carbocycles. The summed E-state index contributed by atoms with van der Waals surface area (Å²) in [5.41, 5.74) is 0.00617. The SMILES string of the molecule is COC(=O)C(CCSC)NC(=O)c1cn(-c2ccccn2)c(=O)c2ccccc12. The minimum atomic E-state index is -0.769. The number of pyridine rings is 2. The van der Waals surface area contributed by atoms with Crippen LogP contribution in [-0.2, 0) is 9.53 Å². The number of amides is 1. The van der Waals surface area contributed by atoms with Crippen molar-refractivity contribution in [2.75, 3.05) is 19.1 Å². The number of hydrogen-bond acceptors (Lipinski definition) is 6. The summed E-state index contributed by atoms with van der Waals surface area (Å²) in [6.07, 6.45) is 5.40. The number of methoxy groups -OCH3 is 1. The van der Waals surface area contributed by atoms with Crippen molar-refractivity contribution in [2.24, 2.45) is 0 Å². The Morgan fingerprint density at radius 1 is 1.17 bits per heavy atom. The highest BCUT2D eigenvalue weighted by atomic mass is 32.2. The molecule has 1 unspecified atom stereocenters. The maximum Gasteiger partial charge on any atom is 0.328 e. The molecular weight excluding hydrogens is 390 g/mol. The predicted molar refractivity (Wildman–Crippen MR) is 114 cm³/mol. The number of fused-ring (bicyclic) bond motifs is 1. The molecule has 0 aliphatic carbocycles. The van der Waals surface area contributed by atoms with Gasteiger partial charge in [-0.1, -0.05) is 24.3 Å². The largest absolute Gasteiger partial charge is 0.467 e. The summed E-state index contributed by atoms with van der Waals surface area (Å²) < 4.78 is 6.16. The summed E-state index contributed by atoms with van der Waals surface area (Å²) in [5.74, 6) is 0.134. The summed E-state index contributed by atoms with van der Waals surface area (Å²) in [4.78, 5) is 42.3. The van der Waals surface area contributed by atoms with Gasteiger partial charge in [0.2, 0.25) is 0 Å². The van der Waals surface area contributed by atoms with Crippen LogP contribution in [0.25, 0.3) is 16.6 Å². The maximum absolute atomic E-state index is 13.1. The van der Waals surface area contributed by atoms with Crippen molar-refractivity contribution in [2.45, 2.75) is 12.5 Å². The number of carbonyl (C=O) groups is 2. The van der Waals surface area contributed by atoms with E-state index < -0.39 is 17.9 Å². The molecule has 1 amide bonds. The number of esters is 1. The fourth-order valence-corrected chi connectivity index (χ4v) is 3.47. The first-order valence-corrected chi connectivity index (χ1v) is 10.4. The highest BCUT2D eigenvalue weighted by Crippen LogP contribution is 2.17. The van der Waals surface area contributed by atoms with E-state index in [9.17, 15) is 14.4 Å². The molecule has 0 aliphatic heterocycles. The highest BCUT2D eigenvalue weighted by molar-refractivity contribution is 7.98.